The highest BCUT2D eigenvalue weighted by atomic mass is 19.4. The Hall–Kier alpha value is -1.63. The first-order valence-corrected chi connectivity index (χ1v) is 4.76. The zero-order chi connectivity index (χ0) is 13.1. The number of aliphatic hydroxyl groups is 1. The monoisotopic (exact) mass is 250 g/mol. The lowest BCUT2D eigenvalue weighted by Crippen LogP contribution is -2.35. The van der Waals surface area contributed by atoms with E-state index in [0.717, 1.165) is 0 Å². The first-order valence-electron chi connectivity index (χ1n) is 4.76. The summed E-state index contributed by atoms with van der Waals surface area (Å²) in [6.07, 6.45) is -7.09. The largest absolute Gasteiger partial charge is 0.497 e. The predicted molar refractivity (Wildman–Crippen MR) is 58.0 cm³/mol. The first kappa shape index (κ1) is 13.4. The SMILES string of the molecule is COc1ccc(N)c(NCC(O)C(F)(F)F)c1. The number of rotatable bonds is 4. The highest BCUT2D eigenvalue weighted by Crippen LogP contribution is 2.26. The second-order valence-electron chi connectivity index (χ2n) is 3.39. The molecule has 0 aliphatic carbocycles. The lowest BCUT2D eigenvalue weighted by Gasteiger charge is -2.17. The Morgan fingerprint density at radius 1 is 1.47 bits per heavy atom. The molecule has 4 nitrogen and oxygen atoms in total. The van der Waals surface area contributed by atoms with Crippen LogP contribution in [0.25, 0.3) is 0 Å². The summed E-state index contributed by atoms with van der Waals surface area (Å²) in [4.78, 5) is 0. The van der Waals surface area contributed by atoms with Gasteiger partial charge in [-0.25, -0.2) is 0 Å². The van der Waals surface area contributed by atoms with Crippen molar-refractivity contribution in [2.24, 2.45) is 0 Å². The van der Waals surface area contributed by atoms with Crippen LogP contribution >= 0.6 is 0 Å². The Morgan fingerprint density at radius 3 is 2.65 bits per heavy atom. The molecule has 1 rings (SSSR count). The zero-order valence-electron chi connectivity index (χ0n) is 9.08. The summed E-state index contributed by atoms with van der Waals surface area (Å²) in [6, 6.07) is 4.54. The molecule has 0 radical (unpaired) electrons. The Morgan fingerprint density at radius 2 is 2.12 bits per heavy atom. The molecule has 0 spiro atoms. The number of methoxy groups -OCH3 is 1. The van der Waals surface area contributed by atoms with Crippen molar-refractivity contribution in [1.29, 1.82) is 0 Å². The summed E-state index contributed by atoms with van der Waals surface area (Å²) in [5.41, 5.74) is 6.12. The summed E-state index contributed by atoms with van der Waals surface area (Å²) >= 11 is 0. The lowest BCUT2D eigenvalue weighted by atomic mass is 10.2. The molecule has 0 fully saturated rings. The summed E-state index contributed by atoms with van der Waals surface area (Å²) in [7, 11) is 1.43. The quantitative estimate of drug-likeness (QED) is 0.710. The van der Waals surface area contributed by atoms with Crippen molar-refractivity contribution in [3.63, 3.8) is 0 Å². The van der Waals surface area contributed by atoms with Crippen LogP contribution in [0.1, 0.15) is 0 Å². The average Bonchev–Trinajstić information content (AvgIpc) is 2.26. The van der Waals surface area contributed by atoms with Gasteiger partial charge in [0.15, 0.2) is 6.10 Å². The van der Waals surface area contributed by atoms with Crippen molar-refractivity contribution in [3.8, 4) is 5.75 Å². The van der Waals surface area contributed by atoms with Gasteiger partial charge in [0.2, 0.25) is 0 Å². The minimum atomic E-state index is -4.65. The van der Waals surface area contributed by atoms with Gasteiger partial charge >= 0.3 is 6.18 Å². The predicted octanol–water partition coefficient (Wildman–Crippen LogP) is 1.61. The van der Waals surface area contributed by atoms with E-state index < -0.39 is 18.8 Å². The zero-order valence-corrected chi connectivity index (χ0v) is 9.08. The number of nitrogens with one attached hydrogen (secondary N) is 1. The van der Waals surface area contributed by atoms with Gasteiger partial charge in [-0.15, -0.1) is 0 Å². The third kappa shape index (κ3) is 3.70. The van der Waals surface area contributed by atoms with Crippen LogP contribution in [0.5, 0.6) is 5.75 Å². The van der Waals surface area contributed by atoms with Crippen LogP contribution in [0.2, 0.25) is 0 Å². The van der Waals surface area contributed by atoms with Gasteiger partial charge in [0.1, 0.15) is 5.75 Å². The van der Waals surface area contributed by atoms with E-state index in [1.165, 1.54) is 19.2 Å². The van der Waals surface area contributed by atoms with Crippen LogP contribution in [0, 0.1) is 0 Å². The van der Waals surface area contributed by atoms with Gasteiger partial charge in [0, 0.05) is 12.6 Å². The molecule has 96 valence electrons. The second-order valence-corrected chi connectivity index (χ2v) is 3.39. The maximum absolute atomic E-state index is 12.1. The highest BCUT2D eigenvalue weighted by molar-refractivity contribution is 5.68. The van der Waals surface area contributed by atoms with E-state index in [1.54, 1.807) is 6.07 Å². The summed E-state index contributed by atoms with van der Waals surface area (Å²) < 4.78 is 41.1. The Labute approximate surface area is 96.2 Å². The Kier molecular flexibility index (Phi) is 4.06. The molecule has 0 aliphatic heterocycles. The smallest absolute Gasteiger partial charge is 0.416 e. The van der Waals surface area contributed by atoms with Crippen molar-refractivity contribution in [1.82, 2.24) is 0 Å². The van der Waals surface area contributed by atoms with Crippen molar-refractivity contribution in [2.75, 3.05) is 24.7 Å². The van der Waals surface area contributed by atoms with E-state index in [1.807, 2.05) is 0 Å². The Bertz CT molecular complexity index is 382. The van der Waals surface area contributed by atoms with Crippen molar-refractivity contribution in [2.45, 2.75) is 12.3 Å². The molecule has 0 saturated carbocycles. The van der Waals surface area contributed by atoms with Gasteiger partial charge in [0.25, 0.3) is 0 Å². The number of anilines is 2. The molecule has 7 heteroatoms. The lowest BCUT2D eigenvalue weighted by molar-refractivity contribution is -0.198. The van der Waals surface area contributed by atoms with Gasteiger partial charge in [-0.1, -0.05) is 0 Å². The second kappa shape index (κ2) is 5.13. The number of hydrogen-bond acceptors (Lipinski definition) is 4. The maximum Gasteiger partial charge on any atom is 0.416 e. The number of benzene rings is 1. The average molecular weight is 250 g/mol. The molecule has 0 aliphatic rings. The third-order valence-corrected chi connectivity index (χ3v) is 2.12. The number of alkyl halides is 3. The molecule has 0 aromatic heterocycles. The van der Waals surface area contributed by atoms with Crippen LogP contribution in [0.15, 0.2) is 18.2 Å². The van der Waals surface area contributed by atoms with Crippen LogP contribution in [0.3, 0.4) is 0 Å². The highest BCUT2D eigenvalue weighted by Gasteiger charge is 2.37. The fraction of sp³-hybridized carbons (Fsp3) is 0.400. The molecule has 1 aromatic rings. The van der Waals surface area contributed by atoms with Crippen molar-refractivity contribution >= 4 is 11.4 Å². The molecular formula is C10H13F3N2O2. The van der Waals surface area contributed by atoms with Crippen LogP contribution in [-0.2, 0) is 0 Å². The molecular weight excluding hydrogens is 237 g/mol. The van der Waals surface area contributed by atoms with E-state index in [-0.39, 0.29) is 11.4 Å². The number of ether oxygens (including phenoxy) is 1. The minimum absolute atomic E-state index is 0.278. The van der Waals surface area contributed by atoms with E-state index in [4.69, 9.17) is 15.6 Å². The molecule has 0 heterocycles. The number of nitrogen functional groups attached to an aromatic ring is 1. The van der Waals surface area contributed by atoms with Crippen LogP contribution in [0.4, 0.5) is 24.5 Å². The topological polar surface area (TPSA) is 67.5 Å². The van der Waals surface area contributed by atoms with Crippen LogP contribution < -0.4 is 15.8 Å². The van der Waals surface area contributed by atoms with Gasteiger partial charge < -0.3 is 20.9 Å². The van der Waals surface area contributed by atoms with E-state index >= 15 is 0 Å². The number of nitrogens with two attached hydrogens (primary N) is 1. The van der Waals surface area contributed by atoms with Gasteiger partial charge in [-0.2, -0.15) is 13.2 Å². The van der Waals surface area contributed by atoms with E-state index in [2.05, 4.69) is 5.32 Å². The molecule has 0 saturated heterocycles. The third-order valence-electron chi connectivity index (χ3n) is 2.12. The fourth-order valence-electron chi connectivity index (χ4n) is 1.14. The van der Waals surface area contributed by atoms with Gasteiger partial charge in [-0.3, -0.25) is 0 Å². The fourth-order valence-corrected chi connectivity index (χ4v) is 1.14. The molecule has 0 amide bonds. The normalized spacial score (nSPS) is 13.2. The number of halogens is 3. The Balaban J connectivity index is 2.69. The molecule has 4 N–H and O–H groups in total. The summed E-state index contributed by atoms with van der Waals surface area (Å²) in [5, 5.41) is 11.2. The van der Waals surface area contributed by atoms with Crippen molar-refractivity contribution in [3.05, 3.63) is 18.2 Å². The maximum atomic E-state index is 12.1. The summed E-state index contributed by atoms with van der Waals surface area (Å²) in [5.74, 6) is 0.461. The molecule has 17 heavy (non-hydrogen) atoms. The molecule has 0 bridgehead atoms. The van der Waals surface area contributed by atoms with Gasteiger partial charge in [0.05, 0.1) is 18.5 Å². The summed E-state index contributed by atoms with van der Waals surface area (Å²) in [6.45, 7) is -0.666. The molecule has 1 atom stereocenters. The standard InChI is InChI=1S/C10H13F3N2O2/c1-17-6-2-3-7(14)8(4-6)15-5-9(16)10(11,12)13/h2-4,9,15-16H,5,14H2,1H3. The molecule has 1 aromatic carbocycles. The molecule has 1 unspecified atom stereocenters. The number of aliphatic hydroxyl groups excluding tert-OH is 1. The minimum Gasteiger partial charge on any atom is -0.497 e. The first-order chi connectivity index (χ1) is 7.84. The van der Waals surface area contributed by atoms with Crippen molar-refractivity contribution < 1.29 is 23.0 Å². The van der Waals surface area contributed by atoms with E-state index in [0.29, 0.717) is 5.75 Å². The van der Waals surface area contributed by atoms with Gasteiger partial charge in [-0.05, 0) is 12.1 Å². The number of hydrogen-bond donors (Lipinski definition) is 3. The van der Waals surface area contributed by atoms with Crippen LogP contribution in [-0.4, -0.2) is 31.0 Å². The van der Waals surface area contributed by atoms with E-state index in [9.17, 15) is 13.2 Å².